The first kappa shape index (κ1) is 22.4. The van der Waals surface area contributed by atoms with Gasteiger partial charge in [-0.25, -0.2) is 4.79 Å². The Hall–Kier alpha value is 0.740. The molecular weight excluding hydrogens is 162 g/mol. The van der Waals surface area contributed by atoms with Crippen LogP contribution in [-0.2, 0) is 4.79 Å². The number of carboxylic acid groups (broad SMARTS) is 3. The minimum atomic E-state index is -1.83. The first-order chi connectivity index (χ1) is 3.46. The van der Waals surface area contributed by atoms with E-state index in [1.54, 1.807) is 0 Å². The predicted molar refractivity (Wildman–Crippen MR) is 38.3 cm³/mol. The Kier molecular flexibility index (Phi) is 36.7. The van der Waals surface area contributed by atoms with Crippen LogP contribution in [0.5, 0.6) is 0 Å². The van der Waals surface area contributed by atoms with Crippen molar-refractivity contribution in [1.29, 1.82) is 0 Å². The third-order valence-electron chi connectivity index (χ3n) is 0. The van der Waals surface area contributed by atoms with Crippen molar-refractivity contribution in [3.63, 3.8) is 0 Å². The molecular formula is C3H8Na2O5. The van der Waals surface area contributed by atoms with Crippen LogP contribution in [-0.4, -0.2) is 86.6 Å². The standard InChI is InChI=1S/C2H4O2.CH2O3.2Na.2H/c1-2(3)4;2-1(3)4;;;;/h1H3,(H,3,4);(H2,2,3,4);;;;. The van der Waals surface area contributed by atoms with Gasteiger partial charge in [0.05, 0.1) is 0 Å². The van der Waals surface area contributed by atoms with Gasteiger partial charge in [0.25, 0.3) is 5.97 Å². The molecule has 0 aliphatic carbocycles. The predicted octanol–water partition coefficient (Wildman–Crippen LogP) is -0.984. The molecule has 10 heavy (non-hydrogen) atoms. The number of hydrogen-bond donors (Lipinski definition) is 3. The number of carboxylic acids is 1. The van der Waals surface area contributed by atoms with Crippen molar-refractivity contribution < 1.29 is 24.9 Å². The van der Waals surface area contributed by atoms with Crippen LogP contribution >= 0.6 is 0 Å². The summed E-state index contributed by atoms with van der Waals surface area (Å²) in [5, 5.41) is 21.4. The van der Waals surface area contributed by atoms with Gasteiger partial charge in [0.2, 0.25) is 0 Å². The van der Waals surface area contributed by atoms with Gasteiger partial charge in [-0.05, 0) is 0 Å². The molecule has 0 heterocycles. The zero-order valence-corrected chi connectivity index (χ0v) is 4.16. The Bertz CT molecular complexity index is 72.9. The van der Waals surface area contributed by atoms with Gasteiger partial charge in [-0.15, -0.1) is 0 Å². The van der Waals surface area contributed by atoms with E-state index in [0.29, 0.717) is 0 Å². The second kappa shape index (κ2) is 16.4. The zero-order valence-electron chi connectivity index (χ0n) is 4.16. The van der Waals surface area contributed by atoms with Crippen LogP contribution in [0.4, 0.5) is 4.79 Å². The number of aliphatic carboxylic acids is 1. The molecule has 0 saturated heterocycles. The van der Waals surface area contributed by atoms with Crippen molar-refractivity contribution in [3.05, 3.63) is 0 Å². The van der Waals surface area contributed by atoms with Crippen LogP contribution in [0.2, 0.25) is 0 Å². The van der Waals surface area contributed by atoms with Gasteiger partial charge in [-0.2, -0.15) is 0 Å². The van der Waals surface area contributed by atoms with Crippen LogP contribution < -0.4 is 0 Å². The third kappa shape index (κ3) is 956. The zero-order chi connectivity index (χ0) is 7.15. The average Bonchev–Trinajstić information content (AvgIpc) is 1.25. The van der Waals surface area contributed by atoms with E-state index in [4.69, 9.17) is 24.9 Å². The summed E-state index contributed by atoms with van der Waals surface area (Å²) in [7, 11) is 0. The SMILES string of the molecule is CC(=O)O.O=C(O)O.[NaH].[NaH]. The van der Waals surface area contributed by atoms with Crippen LogP contribution in [0, 0.1) is 0 Å². The molecule has 0 aromatic heterocycles. The van der Waals surface area contributed by atoms with Gasteiger partial charge in [0.1, 0.15) is 0 Å². The van der Waals surface area contributed by atoms with Crippen molar-refractivity contribution in [1.82, 2.24) is 0 Å². The fraction of sp³-hybridized carbons (Fsp3) is 0.333. The molecule has 0 aromatic rings. The van der Waals surface area contributed by atoms with Gasteiger partial charge in [-0.1, -0.05) is 0 Å². The summed E-state index contributed by atoms with van der Waals surface area (Å²) in [5.74, 6) is -0.833. The Labute approximate surface area is 102 Å². The molecule has 0 radical (unpaired) electrons. The molecule has 0 aliphatic rings. The minimum absolute atomic E-state index is 0. The molecule has 0 aliphatic heterocycles. The third-order valence-corrected chi connectivity index (χ3v) is 0. The molecule has 52 valence electrons. The molecule has 0 rings (SSSR count). The van der Waals surface area contributed by atoms with Gasteiger partial charge in [-0.3, -0.25) is 4.79 Å². The van der Waals surface area contributed by atoms with E-state index in [-0.39, 0.29) is 59.1 Å². The second-order valence-electron chi connectivity index (χ2n) is 0.802. The molecule has 0 saturated carbocycles. The van der Waals surface area contributed by atoms with E-state index in [1.807, 2.05) is 0 Å². The quantitative estimate of drug-likeness (QED) is 0.406. The first-order valence-electron chi connectivity index (χ1n) is 1.58. The molecule has 0 fully saturated rings. The number of carbonyl (C=O) groups is 2. The molecule has 7 heteroatoms. The topological polar surface area (TPSA) is 94.8 Å². The monoisotopic (exact) mass is 170 g/mol. The normalized spacial score (nSPS) is 4.90. The van der Waals surface area contributed by atoms with Crippen molar-refractivity contribution in [3.8, 4) is 0 Å². The Morgan fingerprint density at radius 3 is 1.00 bits per heavy atom. The summed E-state index contributed by atoms with van der Waals surface area (Å²) in [6, 6.07) is 0. The van der Waals surface area contributed by atoms with Crippen molar-refractivity contribution in [2.24, 2.45) is 0 Å². The van der Waals surface area contributed by atoms with E-state index >= 15 is 0 Å². The number of hydrogen-bond acceptors (Lipinski definition) is 2. The van der Waals surface area contributed by atoms with E-state index in [1.165, 1.54) is 0 Å². The van der Waals surface area contributed by atoms with Crippen molar-refractivity contribution in [2.75, 3.05) is 0 Å². The maximum atomic E-state index is 9.00. The van der Waals surface area contributed by atoms with E-state index < -0.39 is 12.1 Å². The maximum absolute atomic E-state index is 9.00. The Morgan fingerprint density at radius 2 is 1.00 bits per heavy atom. The van der Waals surface area contributed by atoms with Crippen molar-refractivity contribution >= 4 is 71.2 Å². The fourth-order valence-electron chi connectivity index (χ4n) is 0. The molecule has 0 aromatic carbocycles. The van der Waals surface area contributed by atoms with Crippen LogP contribution in [0.15, 0.2) is 0 Å². The Morgan fingerprint density at radius 1 is 1.00 bits per heavy atom. The molecule has 0 atom stereocenters. The van der Waals surface area contributed by atoms with Gasteiger partial charge >= 0.3 is 65.3 Å². The average molecular weight is 170 g/mol. The van der Waals surface area contributed by atoms with Crippen molar-refractivity contribution in [2.45, 2.75) is 6.92 Å². The van der Waals surface area contributed by atoms with E-state index in [9.17, 15) is 0 Å². The molecule has 0 spiro atoms. The molecule has 5 nitrogen and oxygen atoms in total. The van der Waals surface area contributed by atoms with Crippen LogP contribution in [0.3, 0.4) is 0 Å². The van der Waals surface area contributed by atoms with Gasteiger partial charge < -0.3 is 15.3 Å². The summed E-state index contributed by atoms with van der Waals surface area (Å²) >= 11 is 0. The Balaban J connectivity index is -0.0000000300. The van der Waals surface area contributed by atoms with E-state index in [2.05, 4.69) is 0 Å². The summed E-state index contributed by atoms with van der Waals surface area (Å²) in [6.45, 7) is 1.08. The summed E-state index contributed by atoms with van der Waals surface area (Å²) in [5.41, 5.74) is 0. The summed E-state index contributed by atoms with van der Waals surface area (Å²) in [4.78, 5) is 17.6. The fourth-order valence-corrected chi connectivity index (χ4v) is 0. The van der Waals surface area contributed by atoms with Crippen LogP contribution in [0.25, 0.3) is 0 Å². The second-order valence-corrected chi connectivity index (χ2v) is 0.802. The molecule has 0 unspecified atom stereocenters. The first-order valence-corrected chi connectivity index (χ1v) is 1.58. The molecule has 0 bridgehead atoms. The van der Waals surface area contributed by atoms with E-state index in [0.717, 1.165) is 6.92 Å². The van der Waals surface area contributed by atoms with Gasteiger partial charge in [0, 0.05) is 6.92 Å². The molecule has 3 N–H and O–H groups in total. The number of rotatable bonds is 0. The molecule has 0 amide bonds. The summed E-state index contributed by atoms with van der Waals surface area (Å²) in [6.07, 6.45) is -1.83. The summed E-state index contributed by atoms with van der Waals surface area (Å²) < 4.78 is 0. The van der Waals surface area contributed by atoms with Crippen LogP contribution in [0.1, 0.15) is 6.92 Å². The van der Waals surface area contributed by atoms with Gasteiger partial charge in [0.15, 0.2) is 0 Å².